The zero-order valence-electron chi connectivity index (χ0n) is 11.3. The molecule has 2 rings (SSSR count). The molecular formula is C15H18ClN3. The normalized spacial score (nSPS) is 10.5. The fraction of sp³-hybridized carbons (Fsp3) is 0.333. The summed E-state index contributed by atoms with van der Waals surface area (Å²) in [6.45, 7) is 6.04. The highest BCUT2D eigenvalue weighted by atomic mass is 35.5. The zero-order valence-corrected chi connectivity index (χ0v) is 12.1. The maximum atomic E-state index is 5.96. The maximum Gasteiger partial charge on any atom is 0.132 e. The molecule has 0 atom stereocenters. The molecule has 0 aliphatic carbocycles. The van der Waals surface area contributed by atoms with Gasteiger partial charge in [-0.2, -0.15) is 0 Å². The Morgan fingerprint density at radius 2 is 2.00 bits per heavy atom. The Kier molecular flexibility index (Phi) is 4.74. The second kappa shape index (κ2) is 6.53. The van der Waals surface area contributed by atoms with E-state index >= 15 is 0 Å². The van der Waals surface area contributed by atoms with Crippen molar-refractivity contribution in [3.05, 3.63) is 53.1 Å². The molecule has 0 spiro atoms. The number of rotatable bonds is 5. The summed E-state index contributed by atoms with van der Waals surface area (Å²) in [4.78, 5) is 10.6. The summed E-state index contributed by atoms with van der Waals surface area (Å²) in [6, 6.07) is 6.20. The molecule has 2 aromatic heterocycles. The standard InChI is InChI=1S/C15H18ClN3/c1-3-19(9-6-13-4-7-17-8-5-13)14-10-12(2)15(16)18-11-14/h4-5,7-8,10-11H,3,6,9H2,1-2H3. The van der Waals surface area contributed by atoms with E-state index in [2.05, 4.69) is 40.0 Å². The van der Waals surface area contributed by atoms with E-state index in [1.165, 1.54) is 5.56 Å². The van der Waals surface area contributed by atoms with Gasteiger partial charge in [-0.1, -0.05) is 11.6 Å². The van der Waals surface area contributed by atoms with E-state index in [-0.39, 0.29) is 0 Å². The smallest absolute Gasteiger partial charge is 0.132 e. The Bertz CT molecular complexity index is 528. The average Bonchev–Trinajstić information content (AvgIpc) is 2.44. The number of hydrogen-bond acceptors (Lipinski definition) is 3. The molecule has 19 heavy (non-hydrogen) atoms. The summed E-state index contributed by atoms with van der Waals surface area (Å²) in [5.41, 5.74) is 3.44. The summed E-state index contributed by atoms with van der Waals surface area (Å²) < 4.78 is 0. The summed E-state index contributed by atoms with van der Waals surface area (Å²) in [6.07, 6.45) is 6.50. The quantitative estimate of drug-likeness (QED) is 0.782. The van der Waals surface area contributed by atoms with Crippen LogP contribution in [0.15, 0.2) is 36.8 Å². The molecule has 0 aliphatic rings. The van der Waals surface area contributed by atoms with Crippen LogP contribution in [0.4, 0.5) is 5.69 Å². The molecule has 2 aromatic rings. The lowest BCUT2D eigenvalue weighted by atomic mass is 10.2. The number of nitrogens with zero attached hydrogens (tertiary/aromatic N) is 3. The average molecular weight is 276 g/mol. The van der Waals surface area contributed by atoms with E-state index in [0.29, 0.717) is 5.15 Å². The molecule has 0 N–H and O–H groups in total. The molecule has 0 bridgehead atoms. The van der Waals surface area contributed by atoms with Gasteiger partial charge < -0.3 is 4.90 Å². The first kappa shape index (κ1) is 13.8. The van der Waals surface area contributed by atoms with Crippen LogP contribution in [0.25, 0.3) is 0 Å². The molecule has 0 radical (unpaired) electrons. The van der Waals surface area contributed by atoms with E-state index in [0.717, 1.165) is 30.8 Å². The number of aromatic nitrogens is 2. The highest BCUT2D eigenvalue weighted by molar-refractivity contribution is 6.30. The third kappa shape index (κ3) is 3.67. The number of likely N-dealkylation sites (N-methyl/N-ethyl adjacent to an activating group) is 1. The van der Waals surface area contributed by atoms with Crippen LogP contribution in [0.1, 0.15) is 18.1 Å². The molecule has 100 valence electrons. The van der Waals surface area contributed by atoms with Crippen LogP contribution in [0.5, 0.6) is 0 Å². The van der Waals surface area contributed by atoms with Gasteiger partial charge in [0, 0.05) is 25.5 Å². The predicted molar refractivity (Wildman–Crippen MR) is 79.8 cm³/mol. The Hall–Kier alpha value is -1.61. The van der Waals surface area contributed by atoms with Gasteiger partial charge in [0.25, 0.3) is 0 Å². The highest BCUT2D eigenvalue weighted by Crippen LogP contribution is 2.20. The molecule has 0 saturated heterocycles. The Morgan fingerprint density at radius 1 is 1.26 bits per heavy atom. The van der Waals surface area contributed by atoms with Crippen LogP contribution in [0.2, 0.25) is 5.15 Å². The molecule has 0 amide bonds. The van der Waals surface area contributed by atoms with Crippen molar-refractivity contribution >= 4 is 17.3 Å². The van der Waals surface area contributed by atoms with Gasteiger partial charge in [0.1, 0.15) is 5.15 Å². The lowest BCUT2D eigenvalue weighted by molar-refractivity contribution is 0.805. The number of aryl methyl sites for hydroxylation is 1. The van der Waals surface area contributed by atoms with Crippen LogP contribution < -0.4 is 4.90 Å². The number of halogens is 1. The lowest BCUT2D eigenvalue weighted by Gasteiger charge is -2.23. The largest absolute Gasteiger partial charge is 0.370 e. The summed E-state index contributed by atoms with van der Waals surface area (Å²) in [5, 5.41) is 0.578. The minimum atomic E-state index is 0.578. The zero-order chi connectivity index (χ0) is 13.7. The first-order chi connectivity index (χ1) is 9.20. The van der Waals surface area contributed by atoms with Gasteiger partial charge in [0.15, 0.2) is 0 Å². The van der Waals surface area contributed by atoms with Crippen LogP contribution >= 0.6 is 11.6 Å². The number of pyridine rings is 2. The van der Waals surface area contributed by atoms with Crippen LogP contribution in [0.3, 0.4) is 0 Å². The third-order valence-electron chi connectivity index (χ3n) is 3.17. The molecule has 4 heteroatoms. The highest BCUT2D eigenvalue weighted by Gasteiger charge is 2.07. The Morgan fingerprint density at radius 3 is 2.63 bits per heavy atom. The van der Waals surface area contributed by atoms with Gasteiger partial charge in [-0.3, -0.25) is 4.98 Å². The van der Waals surface area contributed by atoms with E-state index in [4.69, 9.17) is 11.6 Å². The summed E-state index contributed by atoms with van der Waals surface area (Å²) in [7, 11) is 0. The van der Waals surface area contributed by atoms with Crippen LogP contribution in [0, 0.1) is 6.92 Å². The Labute approximate surface area is 119 Å². The second-order valence-corrected chi connectivity index (χ2v) is 4.84. The van der Waals surface area contributed by atoms with Gasteiger partial charge in [0.2, 0.25) is 0 Å². The lowest BCUT2D eigenvalue weighted by Crippen LogP contribution is -2.25. The van der Waals surface area contributed by atoms with E-state index in [1.54, 1.807) is 0 Å². The molecular weight excluding hydrogens is 258 g/mol. The van der Waals surface area contributed by atoms with Gasteiger partial charge in [-0.25, -0.2) is 4.98 Å². The predicted octanol–water partition coefficient (Wildman–Crippen LogP) is 3.51. The van der Waals surface area contributed by atoms with Crippen LogP contribution in [-0.2, 0) is 6.42 Å². The SMILES string of the molecule is CCN(CCc1ccncc1)c1cnc(Cl)c(C)c1. The minimum Gasteiger partial charge on any atom is -0.370 e. The van der Waals surface area contributed by atoms with Gasteiger partial charge >= 0.3 is 0 Å². The van der Waals surface area contributed by atoms with E-state index in [9.17, 15) is 0 Å². The van der Waals surface area contributed by atoms with Crippen molar-refractivity contribution < 1.29 is 0 Å². The molecule has 0 saturated carbocycles. The number of hydrogen-bond donors (Lipinski definition) is 0. The molecule has 2 heterocycles. The molecule has 3 nitrogen and oxygen atoms in total. The van der Waals surface area contributed by atoms with Gasteiger partial charge in [-0.15, -0.1) is 0 Å². The van der Waals surface area contributed by atoms with Crippen molar-refractivity contribution in [3.8, 4) is 0 Å². The summed E-state index contributed by atoms with van der Waals surface area (Å²) in [5.74, 6) is 0. The van der Waals surface area contributed by atoms with Crippen molar-refractivity contribution in [1.29, 1.82) is 0 Å². The van der Waals surface area contributed by atoms with E-state index < -0.39 is 0 Å². The topological polar surface area (TPSA) is 29.0 Å². The van der Waals surface area contributed by atoms with Crippen molar-refractivity contribution in [3.63, 3.8) is 0 Å². The van der Waals surface area contributed by atoms with Crippen molar-refractivity contribution in [2.75, 3.05) is 18.0 Å². The van der Waals surface area contributed by atoms with Gasteiger partial charge in [-0.05, 0) is 49.6 Å². The van der Waals surface area contributed by atoms with Gasteiger partial charge in [0.05, 0.1) is 11.9 Å². The van der Waals surface area contributed by atoms with E-state index in [1.807, 2.05) is 25.5 Å². The Balaban J connectivity index is 2.05. The fourth-order valence-electron chi connectivity index (χ4n) is 2.00. The van der Waals surface area contributed by atoms with Crippen molar-refractivity contribution in [2.24, 2.45) is 0 Å². The third-order valence-corrected chi connectivity index (χ3v) is 3.56. The van der Waals surface area contributed by atoms with Crippen LogP contribution in [-0.4, -0.2) is 23.1 Å². The second-order valence-electron chi connectivity index (χ2n) is 4.49. The fourth-order valence-corrected chi connectivity index (χ4v) is 2.10. The first-order valence-corrected chi connectivity index (χ1v) is 6.84. The monoisotopic (exact) mass is 275 g/mol. The van der Waals surface area contributed by atoms with Crippen molar-refractivity contribution in [2.45, 2.75) is 20.3 Å². The number of anilines is 1. The molecule has 0 aromatic carbocycles. The first-order valence-electron chi connectivity index (χ1n) is 6.46. The molecule has 0 unspecified atom stereocenters. The summed E-state index contributed by atoms with van der Waals surface area (Å²) >= 11 is 5.96. The molecule has 0 fully saturated rings. The minimum absolute atomic E-state index is 0.578. The molecule has 0 aliphatic heterocycles. The maximum absolute atomic E-state index is 5.96. The van der Waals surface area contributed by atoms with Crippen molar-refractivity contribution in [1.82, 2.24) is 9.97 Å².